The van der Waals surface area contributed by atoms with Crippen LogP contribution < -0.4 is 75.4 Å². The number of ether oxygens (including phenoxy) is 2. The number of nitrogens with two attached hydrogens (primary N) is 2. The van der Waals surface area contributed by atoms with E-state index < -0.39 is 47.3 Å². The van der Waals surface area contributed by atoms with Crippen LogP contribution in [0.5, 0.6) is 5.75 Å². The molecular weight excluding hydrogens is 1160 g/mol. The molecule has 1 amide bonds. The van der Waals surface area contributed by atoms with Crippen LogP contribution in [0.15, 0.2) is 41.6 Å². The molecule has 6 saturated carbocycles. The van der Waals surface area contributed by atoms with Crippen LogP contribution in [0.4, 0.5) is 0 Å². The molecule has 3 aromatic carbocycles. The van der Waals surface area contributed by atoms with Gasteiger partial charge in [-0.15, -0.1) is 12.4 Å². The first-order valence-electron chi connectivity index (χ1n) is 28.8. The average Bonchev–Trinajstić information content (AvgIpc) is 1.69. The van der Waals surface area contributed by atoms with Gasteiger partial charge >= 0.3 is 98.0 Å². The number of halogens is 1. The second-order valence-electron chi connectivity index (χ2n) is 27.0. The summed E-state index contributed by atoms with van der Waals surface area (Å²) in [7, 11) is -0.469. The van der Waals surface area contributed by atoms with E-state index in [1.54, 1.807) is 12.1 Å². The molecule has 87 heavy (non-hydrogen) atoms. The number of hydrogen-bond donors (Lipinski definition) is 7. The maximum Gasteiger partial charge on any atom is 1.00 e. The molecule has 6 unspecified atom stereocenters. The standard InChI is InChI=1S/C25H36BNO5.C25H35BO5.C10H11BNO6.CH4.ClH.H3NO.2Na/c1-15-16(8-9-17(14-27-29)21(15)22(28)30-23(2,3)4)10-11-26-31-20-13-18-12-19(24(18,5)6)25(20,7)32-26;1-15-16(8-9-17(14-27)21(15)22(28)29-23(2,3)4)10-11-26-30-20-13-18-12-19(24(18,5)6)25(20,7)31-26;12-9(13)6-2-1-5-3-4-11(16,17)18-8(5)7(6)10(14)15;;;1-2;;/h8-9,14,18-20,29H,10-13H2,1-7H3;8-9,14,18-20H,10-13H2,1-7H3;1-2,16-17H,3-4H2,(H2,12,13)(H,14,15);1H4;1H;2H,1H2;;/q;;-1;;;;2*+1/b27-14+;;;;;;;/t2*18?,19?,20?,25-;;;;;;/m00....../s1. The van der Waals surface area contributed by atoms with Crippen molar-refractivity contribution in [2.24, 2.45) is 51.3 Å². The summed E-state index contributed by atoms with van der Waals surface area (Å²) in [6.45, 7) is 25.6. The van der Waals surface area contributed by atoms with E-state index in [0.29, 0.717) is 56.9 Å². The Hall–Kier alpha value is -3.36. The van der Waals surface area contributed by atoms with Crippen molar-refractivity contribution in [1.82, 2.24) is 0 Å². The third-order valence-electron chi connectivity index (χ3n) is 18.9. The molecule has 9 N–H and O–H groups in total. The number of carboxylic acids is 1. The molecule has 3 aromatic rings. The zero-order valence-electron chi connectivity index (χ0n) is 53.0. The molecule has 20 nitrogen and oxygen atoms in total. The maximum atomic E-state index is 12.9. The molecule has 26 heteroatoms. The molecule has 6 aliphatic carbocycles. The summed E-state index contributed by atoms with van der Waals surface area (Å²) in [5.41, 5.74) is 9.30. The van der Waals surface area contributed by atoms with Gasteiger partial charge in [0.15, 0.2) is 6.29 Å². The van der Waals surface area contributed by atoms with Crippen LogP contribution in [0.2, 0.25) is 19.0 Å². The Morgan fingerprint density at radius 3 is 1.52 bits per heavy atom. The minimum absolute atomic E-state index is 0. The van der Waals surface area contributed by atoms with Gasteiger partial charge in [0.2, 0.25) is 5.91 Å². The monoisotopic (exact) mass is 1250 g/mol. The Bertz CT molecular complexity index is 3030. The van der Waals surface area contributed by atoms with Gasteiger partial charge in [0.1, 0.15) is 16.8 Å². The number of oxime groups is 1. The summed E-state index contributed by atoms with van der Waals surface area (Å²) in [6.07, 6.45) is 10.1. The van der Waals surface area contributed by atoms with Gasteiger partial charge in [-0.1, -0.05) is 76.9 Å². The fourth-order valence-electron chi connectivity index (χ4n) is 14.2. The topological polar surface area (TPSA) is 316 Å². The molecule has 0 aromatic heterocycles. The summed E-state index contributed by atoms with van der Waals surface area (Å²) in [4.78, 5) is 59.5. The molecule has 9 aliphatic rings. The van der Waals surface area contributed by atoms with E-state index in [4.69, 9.17) is 54.0 Å². The Labute approximate surface area is 564 Å². The molecule has 3 aliphatic heterocycles. The van der Waals surface area contributed by atoms with Crippen molar-refractivity contribution in [3.8, 4) is 5.75 Å². The Balaban J connectivity index is 0.000000341. The van der Waals surface area contributed by atoms with Gasteiger partial charge < -0.3 is 64.0 Å². The molecule has 8 fully saturated rings. The Kier molecular flexibility index (Phi) is 26.4. The number of esters is 2. The molecule has 2 saturated heterocycles. The maximum absolute atomic E-state index is 12.9. The summed E-state index contributed by atoms with van der Waals surface area (Å²) in [5, 5.41) is 46.6. The van der Waals surface area contributed by atoms with Gasteiger partial charge in [-0.25, -0.2) is 20.3 Å². The molecule has 12 rings (SSSR count). The predicted molar refractivity (Wildman–Crippen MR) is 326 cm³/mol. The van der Waals surface area contributed by atoms with Gasteiger partial charge in [-0.3, -0.25) is 9.59 Å². The number of aldehydes is 1. The average molecular weight is 1250 g/mol. The number of fused-ring (bicyclic) bond motifs is 1. The second-order valence-corrected chi connectivity index (χ2v) is 27.0. The molecule has 3 heterocycles. The normalized spacial score (nSPS) is 25.9. The van der Waals surface area contributed by atoms with Crippen molar-refractivity contribution in [2.75, 3.05) is 0 Å². The summed E-state index contributed by atoms with van der Waals surface area (Å²) in [5.74, 6) is 2.65. The van der Waals surface area contributed by atoms with Gasteiger partial charge in [0.25, 0.3) is 0 Å². The fraction of sp³-hybridized carbons (Fsp3) is 0.607. The number of rotatable bonds is 12. The number of benzene rings is 3. The predicted octanol–water partition coefficient (Wildman–Crippen LogP) is 3.81. The van der Waals surface area contributed by atoms with Gasteiger partial charge in [-0.2, -0.15) is 0 Å². The molecule has 8 atom stereocenters. The number of nitrogens with zero attached hydrogens (tertiary/aromatic N) is 1. The van der Waals surface area contributed by atoms with E-state index in [-0.39, 0.29) is 141 Å². The van der Waals surface area contributed by atoms with E-state index >= 15 is 0 Å². The smallest absolute Gasteiger partial charge is 0.669 e. The number of carboxylic acid groups (broad SMARTS) is 1. The van der Waals surface area contributed by atoms with E-state index in [0.717, 1.165) is 72.3 Å². The zero-order chi connectivity index (χ0) is 61.7. The van der Waals surface area contributed by atoms with Crippen molar-refractivity contribution < 1.29 is 141 Å². The van der Waals surface area contributed by atoms with Crippen LogP contribution in [-0.2, 0) is 47.4 Å². The number of hydrogen-bond acceptors (Lipinski definition) is 18. The molecule has 468 valence electrons. The quantitative estimate of drug-likeness (QED) is 0.0339. The van der Waals surface area contributed by atoms with Crippen molar-refractivity contribution in [3.05, 3.63) is 97.6 Å². The van der Waals surface area contributed by atoms with E-state index in [2.05, 4.69) is 52.6 Å². The minimum atomic E-state index is -3.09. The number of carbonyl (C=O) groups is 5. The number of primary amides is 1. The third kappa shape index (κ3) is 16.3. The largest absolute Gasteiger partial charge is 1.00 e. The Morgan fingerprint density at radius 1 is 0.713 bits per heavy atom. The van der Waals surface area contributed by atoms with Crippen molar-refractivity contribution in [1.29, 1.82) is 0 Å². The molecule has 4 bridgehead atoms. The van der Waals surface area contributed by atoms with Crippen molar-refractivity contribution in [3.63, 3.8) is 0 Å². The first-order chi connectivity index (χ1) is 38.5. The summed E-state index contributed by atoms with van der Waals surface area (Å²) >= 11 is 0. The summed E-state index contributed by atoms with van der Waals surface area (Å²) < 4.78 is 41.8. The number of amides is 1. The number of carbonyl (C=O) groups excluding carboxylic acids is 4. The van der Waals surface area contributed by atoms with E-state index in [1.807, 2.05) is 67.5 Å². The third-order valence-corrected chi connectivity index (χ3v) is 18.9. The molecular formula is C61H90B3ClN3Na2O17+. The van der Waals surface area contributed by atoms with Gasteiger partial charge in [-0.05, 0) is 195 Å². The van der Waals surface area contributed by atoms with Crippen molar-refractivity contribution >= 4 is 69.7 Å². The molecule has 0 radical (unpaired) electrons. The number of aromatic carboxylic acids is 1. The molecule has 0 spiro atoms. The Morgan fingerprint density at radius 2 is 1.14 bits per heavy atom. The van der Waals surface area contributed by atoms with Gasteiger partial charge in [0.05, 0.1) is 52.1 Å². The SMILES string of the molecule is C.Cc1c(CCB2OC3CC4CC(C4(C)C)[C@]3(C)O2)ccc(/C=N/O)c1C(=O)OC(C)(C)C.Cc1c(CCB2OC3CC4CC(C4(C)C)[C@]3(C)O2)ccc(C=O)c1C(=O)OC(C)(C)C.Cl.NC(=O)c1ccc2c(c1C(=O)O)O[B-](O)(O)CC2.NO.[Na+].[Na+]. The van der Waals surface area contributed by atoms with Crippen molar-refractivity contribution in [2.45, 2.75) is 203 Å². The number of aryl methyl sites for hydroxylation is 3. The fourth-order valence-corrected chi connectivity index (χ4v) is 14.2. The van der Waals surface area contributed by atoms with Crippen LogP contribution in [0, 0.1) is 48.3 Å². The van der Waals surface area contributed by atoms with Crippen LogP contribution in [0.1, 0.15) is 201 Å². The first-order valence-corrected chi connectivity index (χ1v) is 28.8. The van der Waals surface area contributed by atoms with Gasteiger partial charge in [0, 0.05) is 11.1 Å². The first kappa shape index (κ1) is 77.9. The summed E-state index contributed by atoms with van der Waals surface area (Å²) in [6, 6.07) is 10.2. The van der Waals surface area contributed by atoms with Crippen LogP contribution in [0.3, 0.4) is 0 Å². The minimum Gasteiger partial charge on any atom is -0.669 e. The zero-order valence-corrected chi connectivity index (χ0v) is 57.8. The van der Waals surface area contributed by atoms with Crippen LogP contribution in [0.25, 0.3) is 0 Å². The van der Waals surface area contributed by atoms with E-state index in [1.165, 1.54) is 31.2 Å². The van der Waals surface area contributed by atoms with Crippen LogP contribution >= 0.6 is 12.4 Å². The second kappa shape index (κ2) is 29.5. The van der Waals surface area contributed by atoms with Crippen LogP contribution in [-0.4, -0.2) is 117 Å². The van der Waals surface area contributed by atoms with E-state index in [9.17, 15) is 34.0 Å².